The van der Waals surface area contributed by atoms with Crippen molar-refractivity contribution in [3.8, 4) is 0 Å². The smallest absolute Gasteiger partial charge is 0.316 e. The zero-order chi connectivity index (χ0) is 15.2. The van der Waals surface area contributed by atoms with Crippen molar-refractivity contribution in [1.29, 1.82) is 0 Å². The van der Waals surface area contributed by atoms with E-state index in [-0.39, 0.29) is 19.0 Å². The average Bonchev–Trinajstić information content (AvgIpc) is 2.88. The van der Waals surface area contributed by atoms with Crippen molar-refractivity contribution in [3.63, 3.8) is 0 Å². The topological polar surface area (TPSA) is 141 Å². The van der Waals surface area contributed by atoms with Crippen LogP contribution in [0.1, 0.15) is 5.69 Å². The van der Waals surface area contributed by atoms with Crippen LogP contribution in [0.25, 0.3) is 0 Å². The average molecular weight is 289 g/mol. The Morgan fingerprint density at radius 2 is 1.76 bits per heavy atom. The summed E-state index contributed by atoms with van der Waals surface area (Å²) in [5, 5.41) is 12.7. The molecule has 1 heterocycles. The van der Waals surface area contributed by atoms with Gasteiger partial charge in [0.1, 0.15) is 6.54 Å². The zero-order valence-electron chi connectivity index (χ0n) is 11.1. The Morgan fingerprint density at radius 1 is 1.14 bits per heavy atom. The van der Waals surface area contributed by atoms with Crippen LogP contribution in [-0.4, -0.2) is 26.9 Å². The first kappa shape index (κ1) is 14.5. The lowest BCUT2D eigenvalue weighted by Gasteiger charge is -2.06. The molecule has 0 saturated carbocycles. The molecular formula is C12H15N7O2. The van der Waals surface area contributed by atoms with Crippen LogP contribution >= 0.6 is 0 Å². The Labute approximate surface area is 120 Å². The first-order valence-electron chi connectivity index (χ1n) is 6.12. The first-order valence-corrected chi connectivity index (χ1v) is 6.12. The number of rotatable bonds is 5. The third-order valence-electron chi connectivity index (χ3n) is 2.54. The van der Waals surface area contributed by atoms with Crippen LogP contribution in [0.2, 0.25) is 0 Å². The molecule has 1 aromatic heterocycles. The van der Waals surface area contributed by atoms with E-state index in [1.54, 1.807) is 30.5 Å². The standard InChI is InChI=1S/C12H15N7O2/c13-5-10-6-19(18-17-10)7-11(20)15-8-1-3-9(4-2-8)16-12(14)21/h1-4,6H,5,7,13H2,(H,15,20)(H3,14,16,21). The van der Waals surface area contributed by atoms with Crippen LogP contribution in [0.15, 0.2) is 30.5 Å². The summed E-state index contributed by atoms with van der Waals surface area (Å²) in [7, 11) is 0. The monoisotopic (exact) mass is 289 g/mol. The fraction of sp³-hybridized carbons (Fsp3) is 0.167. The number of benzene rings is 1. The molecule has 0 saturated heterocycles. The molecule has 0 unspecified atom stereocenters. The largest absolute Gasteiger partial charge is 0.351 e. The summed E-state index contributed by atoms with van der Waals surface area (Å²) in [6.45, 7) is 0.310. The van der Waals surface area contributed by atoms with Gasteiger partial charge in [-0.1, -0.05) is 5.21 Å². The van der Waals surface area contributed by atoms with E-state index >= 15 is 0 Å². The number of nitrogens with two attached hydrogens (primary N) is 2. The summed E-state index contributed by atoms with van der Waals surface area (Å²) in [5.41, 5.74) is 12.2. The molecule has 0 aliphatic rings. The minimum absolute atomic E-state index is 0.0360. The maximum Gasteiger partial charge on any atom is 0.316 e. The number of aromatic nitrogens is 3. The first-order chi connectivity index (χ1) is 10.1. The third-order valence-corrected chi connectivity index (χ3v) is 2.54. The number of amides is 3. The number of carbonyl (C=O) groups is 2. The highest BCUT2D eigenvalue weighted by atomic mass is 16.2. The van der Waals surface area contributed by atoms with Crippen LogP contribution in [0.3, 0.4) is 0 Å². The van der Waals surface area contributed by atoms with Crippen molar-refractivity contribution in [2.75, 3.05) is 10.6 Å². The number of hydrogen-bond acceptors (Lipinski definition) is 5. The maximum atomic E-state index is 11.8. The van der Waals surface area contributed by atoms with E-state index in [0.29, 0.717) is 17.1 Å². The van der Waals surface area contributed by atoms with Gasteiger partial charge in [-0.05, 0) is 24.3 Å². The minimum Gasteiger partial charge on any atom is -0.351 e. The summed E-state index contributed by atoms with van der Waals surface area (Å²) < 4.78 is 1.40. The molecule has 9 nitrogen and oxygen atoms in total. The molecular weight excluding hydrogens is 274 g/mol. The Kier molecular flexibility index (Phi) is 4.46. The van der Waals surface area contributed by atoms with Gasteiger partial charge in [-0.25, -0.2) is 9.48 Å². The molecule has 0 atom stereocenters. The lowest BCUT2D eigenvalue weighted by molar-refractivity contribution is -0.116. The SMILES string of the molecule is NCc1cn(CC(=O)Nc2ccc(NC(N)=O)cc2)nn1. The van der Waals surface area contributed by atoms with Crippen molar-refractivity contribution in [1.82, 2.24) is 15.0 Å². The second-order valence-corrected chi connectivity index (χ2v) is 4.23. The van der Waals surface area contributed by atoms with Gasteiger partial charge in [0.15, 0.2) is 0 Å². The highest BCUT2D eigenvalue weighted by Gasteiger charge is 2.06. The predicted molar refractivity (Wildman–Crippen MR) is 76.2 cm³/mol. The molecule has 110 valence electrons. The number of primary amides is 1. The van der Waals surface area contributed by atoms with Gasteiger partial charge in [0.25, 0.3) is 0 Å². The molecule has 2 aromatic rings. The number of hydrogen-bond donors (Lipinski definition) is 4. The van der Waals surface area contributed by atoms with Crippen LogP contribution in [0.4, 0.5) is 16.2 Å². The molecule has 0 spiro atoms. The van der Waals surface area contributed by atoms with E-state index in [9.17, 15) is 9.59 Å². The van der Waals surface area contributed by atoms with E-state index in [4.69, 9.17) is 11.5 Å². The molecule has 1 aromatic carbocycles. The van der Waals surface area contributed by atoms with E-state index in [0.717, 1.165) is 0 Å². The fourth-order valence-corrected chi connectivity index (χ4v) is 1.64. The van der Waals surface area contributed by atoms with Gasteiger partial charge in [0.2, 0.25) is 5.91 Å². The molecule has 3 amide bonds. The lowest BCUT2D eigenvalue weighted by atomic mass is 10.3. The molecule has 0 bridgehead atoms. The number of anilines is 2. The van der Waals surface area contributed by atoms with Gasteiger partial charge < -0.3 is 22.1 Å². The molecule has 0 aliphatic carbocycles. The highest BCUT2D eigenvalue weighted by Crippen LogP contribution is 2.13. The van der Waals surface area contributed by atoms with Gasteiger partial charge >= 0.3 is 6.03 Å². The van der Waals surface area contributed by atoms with Crippen molar-refractivity contribution in [2.45, 2.75) is 13.1 Å². The van der Waals surface area contributed by atoms with Crippen molar-refractivity contribution >= 4 is 23.3 Å². The summed E-state index contributed by atoms with van der Waals surface area (Å²) >= 11 is 0. The minimum atomic E-state index is -0.645. The molecule has 2 rings (SSSR count). The van der Waals surface area contributed by atoms with Gasteiger partial charge in [0, 0.05) is 17.9 Å². The van der Waals surface area contributed by atoms with Gasteiger partial charge in [-0.2, -0.15) is 0 Å². The zero-order valence-corrected chi connectivity index (χ0v) is 11.1. The normalized spacial score (nSPS) is 10.1. The van der Waals surface area contributed by atoms with Crippen LogP contribution in [0.5, 0.6) is 0 Å². The summed E-state index contributed by atoms with van der Waals surface area (Å²) in [4.78, 5) is 22.5. The Hall–Kier alpha value is -2.94. The molecule has 9 heteroatoms. The van der Waals surface area contributed by atoms with E-state index in [1.807, 2.05) is 0 Å². The van der Waals surface area contributed by atoms with E-state index in [1.165, 1.54) is 4.68 Å². The van der Waals surface area contributed by atoms with Crippen LogP contribution < -0.4 is 22.1 Å². The van der Waals surface area contributed by atoms with Crippen LogP contribution in [0, 0.1) is 0 Å². The second kappa shape index (κ2) is 6.48. The second-order valence-electron chi connectivity index (χ2n) is 4.23. The van der Waals surface area contributed by atoms with Crippen molar-refractivity contribution in [3.05, 3.63) is 36.2 Å². The van der Waals surface area contributed by atoms with Crippen molar-refractivity contribution < 1.29 is 9.59 Å². The number of nitrogens with zero attached hydrogens (tertiary/aromatic N) is 3. The molecule has 0 radical (unpaired) electrons. The molecule has 6 N–H and O–H groups in total. The van der Waals surface area contributed by atoms with Crippen LogP contribution in [-0.2, 0) is 17.9 Å². The maximum absolute atomic E-state index is 11.8. The van der Waals surface area contributed by atoms with Gasteiger partial charge in [-0.15, -0.1) is 5.10 Å². The van der Waals surface area contributed by atoms with E-state index in [2.05, 4.69) is 20.9 Å². The third kappa shape index (κ3) is 4.28. The molecule has 21 heavy (non-hydrogen) atoms. The lowest BCUT2D eigenvalue weighted by Crippen LogP contribution is -2.20. The Balaban J connectivity index is 1.91. The molecule has 0 aliphatic heterocycles. The predicted octanol–water partition coefficient (Wildman–Crippen LogP) is -0.134. The Bertz CT molecular complexity index is 635. The summed E-state index contributed by atoms with van der Waals surface area (Å²) in [6, 6.07) is 5.91. The Morgan fingerprint density at radius 3 is 2.29 bits per heavy atom. The highest BCUT2D eigenvalue weighted by molar-refractivity contribution is 5.91. The fourth-order valence-electron chi connectivity index (χ4n) is 1.64. The summed E-state index contributed by atoms with van der Waals surface area (Å²) in [6.07, 6.45) is 1.61. The number of carbonyl (C=O) groups excluding carboxylic acids is 2. The number of urea groups is 1. The van der Waals surface area contributed by atoms with Crippen molar-refractivity contribution in [2.24, 2.45) is 11.5 Å². The van der Waals surface area contributed by atoms with Gasteiger partial charge in [0.05, 0.1) is 11.9 Å². The van der Waals surface area contributed by atoms with E-state index < -0.39 is 6.03 Å². The quantitative estimate of drug-likeness (QED) is 0.606. The number of nitrogens with one attached hydrogen (secondary N) is 2. The summed E-state index contributed by atoms with van der Waals surface area (Å²) in [5.74, 6) is -0.251. The van der Waals surface area contributed by atoms with Gasteiger partial charge in [-0.3, -0.25) is 4.79 Å². The molecule has 0 fully saturated rings.